The summed E-state index contributed by atoms with van der Waals surface area (Å²) in [5.41, 5.74) is 0.527. The maximum absolute atomic E-state index is 13.2. The van der Waals surface area contributed by atoms with Crippen molar-refractivity contribution in [1.82, 2.24) is 5.32 Å². The number of methoxy groups -OCH3 is 1. The summed E-state index contributed by atoms with van der Waals surface area (Å²) in [6.45, 7) is 0.476. The fraction of sp³-hybridized carbons (Fsp3) is 0.318. The van der Waals surface area contributed by atoms with Crippen molar-refractivity contribution in [2.24, 2.45) is 5.92 Å². The van der Waals surface area contributed by atoms with E-state index in [-0.39, 0.29) is 51.8 Å². The zero-order chi connectivity index (χ0) is 22.3. The lowest BCUT2D eigenvalue weighted by Gasteiger charge is -2.29. The van der Waals surface area contributed by atoms with Crippen molar-refractivity contribution in [3.8, 4) is 17.2 Å². The summed E-state index contributed by atoms with van der Waals surface area (Å²) in [4.78, 5) is 38.9. The summed E-state index contributed by atoms with van der Waals surface area (Å²) < 4.78 is 5.24. The number of phenols is 2. The van der Waals surface area contributed by atoms with Crippen molar-refractivity contribution in [3.05, 3.63) is 51.6 Å². The van der Waals surface area contributed by atoms with E-state index in [2.05, 4.69) is 17.0 Å². The number of fused-ring (bicyclic) bond motifs is 3. The van der Waals surface area contributed by atoms with Crippen molar-refractivity contribution in [3.63, 3.8) is 0 Å². The molecule has 0 bridgehead atoms. The highest BCUT2D eigenvalue weighted by atomic mass is 33.1. The Morgan fingerprint density at radius 2 is 1.87 bits per heavy atom. The highest BCUT2D eigenvalue weighted by Gasteiger charge is 2.41. The predicted molar refractivity (Wildman–Crippen MR) is 120 cm³/mol. The second kappa shape index (κ2) is 8.47. The van der Waals surface area contributed by atoms with Crippen LogP contribution in [0.15, 0.2) is 18.2 Å². The summed E-state index contributed by atoms with van der Waals surface area (Å²) in [5, 5.41) is 24.8. The molecular weight excluding hydrogens is 438 g/mol. The number of nitrogens with one attached hydrogen (secondary N) is 1. The van der Waals surface area contributed by atoms with Gasteiger partial charge in [0.05, 0.1) is 23.8 Å². The molecule has 0 spiro atoms. The molecule has 2 aliphatic rings. The second-order valence-electron chi connectivity index (χ2n) is 7.51. The third-order valence-corrected chi connectivity index (χ3v) is 6.82. The third kappa shape index (κ3) is 3.45. The van der Waals surface area contributed by atoms with E-state index in [0.717, 1.165) is 0 Å². The fourth-order valence-corrected chi connectivity index (χ4v) is 4.86. The van der Waals surface area contributed by atoms with Crippen molar-refractivity contribution in [2.75, 3.05) is 19.4 Å². The zero-order valence-electron chi connectivity index (χ0n) is 16.7. The Morgan fingerprint density at radius 1 is 1.16 bits per heavy atom. The van der Waals surface area contributed by atoms with Crippen LogP contribution in [-0.4, -0.2) is 47.1 Å². The van der Waals surface area contributed by atoms with E-state index in [4.69, 9.17) is 4.74 Å². The Labute approximate surface area is 188 Å². The number of thiol groups is 1. The number of phenolic OH excluding ortho intramolecular Hbond substituents is 2. The number of carbonyl (C=O) groups is 3. The van der Waals surface area contributed by atoms with E-state index in [9.17, 15) is 24.6 Å². The minimum absolute atomic E-state index is 0.0762. The number of benzene rings is 2. The van der Waals surface area contributed by atoms with Gasteiger partial charge in [-0.15, -0.1) is 11.7 Å². The summed E-state index contributed by atoms with van der Waals surface area (Å²) in [6.07, 6.45) is 0.941. The van der Waals surface area contributed by atoms with Gasteiger partial charge in [-0.25, -0.2) is 0 Å². The standard InChI is InChI=1S/C22H21NO6S2/c1-29-14-4-2-3-12-15(14)21(27)17-16(19(12)25)20(26)13-9-10(5-6-11(13)18(17)24)22(28)23-7-8-31-30/h2-4,10,24,26,30H,5-9H2,1H3,(H,23,28)/t10-/m0/s1. The normalized spacial score (nSPS) is 16.9. The van der Waals surface area contributed by atoms with Gasteiger partial charge in [-0.05, 0) is 25.3 Å². The molecule has 2 aromatic carbocycles. The van der Waals surface area contributed by atoms with Gasteiger partial charge in [0.2, 0.25) is 11.7 Å². The monoisotopic (exact) mass is 459 g/mol. The molecule has 162 valence electrons. The van der Waals surface area contributed by atoms with Gasteiger partial charge < -0.3 is 20.3 Å². The molecule has 2 aliphatic carbocycles. The van der Waals surface area contributed by atoms with Crippen LogP contribution >= 0.6 is 22.5 Å². The second-order valence-corrected chi connectivity index (χ2v) is 8.95. The molecule has 9 heteroatoms. The van der Waals surface area contributed by atoms with Gasteiger partial charge in [-0.2, -0.15) is 0 Å². The molecule has 0 saturated heterocycles. The molecule has 0 heterocycles. The molecule has 3 N–H and O–H groups in total. The summed E-state index contributed by atoms with van der Waals surface area (Å²) in [6, 6.07) is 4.65. The minimum Gasteiger partial charge on any atom is -0.507 e. The molecule has 7 nitrogen and oxygen atoms in total. The summed E-state index contributed by atoms with van der Waals surface area (Å²) in [7, 11) is 2.72. The SMILES string of the molecule is COc1cccc2c1C(=O)c1c(O)c3c(c(O)c1C2=O)C[C@@H](C(=O)NCCSS)CC3. The van der Waals surface area contributed by atoms with E-state index in [1.807, 2.05) is 0 Å². The predicted octanol–water partition coefficient (Wildman–Crippen LogP) is 2.68. The first-order valence-electron chi connectivity index (χ1n) is 9.80. The summed E-state index contributed by atoms with van der Waals surface area (Å²) in [5.74, 6) is -1.42. The smallest absolute Gasteiger partial charge is 0.223 e. The number of amides is 1. The van der Waals surface area contributed by atoms with Gasteiger partial charge in [0.1, 0.15) is 17.2 Å². The van der Waals surface area contributed by atoms with Gasteiger partial charge in [0.25, 0.3) is 0 Å². The van der Waals surface area contributed by atoms with Gasteiger partial charge in [-0.1, -0.05) is 22.9 Å². The molecule has 4 rings (SSSR count). The highest BCUT2D eigenvalue weighted by molar-refractivity contribution is 8.68. The average Bonchev–Trinajstić information content (AvgIpc) is 2.78. The lowest BCUT2D eigenvalue weighted by Crippen LogP contribution is -2.35. The van der Waals surface area contributed by atoms with E-state index >= 15 is 0 Å². The van der Waals surface area contributed by atoms with Gasteiger partial charge >= 0.3 is 0 Å². The lowest BCUT2D eigenvalue weighted by atomic mass is 9.75. The molecule has 0 aliphatic heterocycles. The number of rotatable bonds is 5. The molecule has 0 radical (unpaired) electrons. The number of aromatic hydroxyl groups is 2. The quantitative estimate of drug-likeness (QED) is 0.201. The Kier molecular flexibility index (Phi) is 5.90. The van der Waals surface area contributed by atoms with Crippen molar-refractivity contribution in [2.45, 2.75) is 19.3 Å². The molecule has 0 saturated carbocycles. The van der Waals surface area contributed by atoms with E-state index in [1.165, 1.54) is 24.0 Å². The van der Waals surface area contributed by atoms with Crippen LogP contribution < -0.4 is 10.1 Å². The molecule has 0 aromatic heterocycles. The topological polar surface area (TPSA) is 113 Å². The van der Waals surface area contributed by atoms with E-state index in [1.54, 1.807) is 12.1 Å². The Bertz CT molecular complexity index is 1110. The zero-order valence-corrected chi connectivity index (χ0v) is 18.4. The first-order chi connectivity index (χ1) is 14.9. The van der Waals surface area contributed by atoms with Crippen LogP contribution in [0.1, 0.15) is 49.4 Å². The molecule has 0 fully saturated rings. The van der Waals surface area contributed by atoms with E-state index < -0.39 is 17.5 Å². The number of ether oxygens (including phenoxy) is 1. The maximum Gasteiger partial charge on any atom is 0.223 e. The van der Waals surface area contributed by atoms with Crippen LogP contribution in [0.3, 0.4) is 0 Å². The molecule has 0 unspecified atom stereocenters. The number of carbonyl (C=O) groups excluding carboxylic acids is 3. The first-order valence-corrected chi connectivity index (χ1v) is 11.8. The van der Waals surface area contributed by atoms with Crippen molar-refractivity contribution in [1.29, 1.82) is 0 Å². The van der Waals surface area contributed by atoms with Crippen molar-refractivity contribution >= 4 is 39.9 Å². The average molecular weight is 460 g/mol. The van der Waals surface area contributed by atoms with Crippen LogP contribution in [-0.2, 0) is 17.6 Å². The van der Waals surface area contributed by atoms with Gasteiger partial charge in [0.15, 0.2) is 5.78 Å². The minimum atomic E-state index is -0.568. The van der Waals surface area contributed by atoms with Crippen LogP contribution in [0.4, 0.5) is 0 Å². The van der Waals surface area contributed by atoms with E-state index in [0.29, 0.717) is 36.3 Å². The molecule has 1 amide bonds. The van der Waals surface area contributed by atoms with Crippen LogP contribution in [0.2, 0.25) is 0 Å². The van der Waals surface area contributed by atoms with Crippen LogP contribution in [0, 0.1) is 5.92 Å². The van der Waals surface area contributed by atoms with Crippen molar-refractivity contribution < 1.29 is 29.3 Å². The molecule has 31 heavy (non-hydrogen) atoms. The third-order valence-electron chi connectivity index (χ3n) is 5.89. The Morgan fingerprint density at radius 3 is 2.58 bits per heavy atom. The van der Waals surface area contributed by atoms with Gasteiger partial charge in [-0.3, -0.25) is 14.4 Å². The molecular formula is C22H21NO6S2. The summed E-state index contributed by atoms with van der Waals surface area (Å²) >= 11 is 4.04. The largest absolute Gasteiger partial charge is 0.507 e. The Balaban J connectivity index is 1.78. The number of ketones is 2. The molecule has 1 atom stereocenters. The maximum atomic E-state index is 13.2. The number of hydrogen-bond donors (Lipinski definition) is 4. The fourth-order valence-electron chi connectivity index (χ4n) is 4.40. The molecule has 2 aromatic rings. The Hall–Kier alpha value is -2.65. The number of hydrogen-bond acceptors (Lipinski definition) is 8. The first kappa shape index (κ1) is 21.6. The highest BCUT2D eigenvalue weighted by Crippen LogP contribution is 2.47. The van der Waals surface area contributed by atoms with Crippen LogP contribution in [0.5, 0.6) is 17.2 Å². The lowest BCUT2D eigenvalue weighted by molar-refractivity contribution is -0.125. The van der Waals surface area contributed by atoms with Gasteiger partial charge in [0, 0.05) is 34.9 Å². The van der Waals surface area contributed by atoms with Crippen LogP contribution in [0.25, 0.3) is 0 Å².